The van der Waals surface area contributed by atoms with Crippen LogP contribution in [0.2, 0.25) is 0 Å². The molecule has 0 radical (unpaired) electrons. The van der Waals surface area contributed by atoms with Crippen LogP contribution in [0.4, 0.5) is 44.4 Å². The number of hydrogen-bond acceptors (Lipinski definition) is 3. The van der Waals surface area contributed by atoms with E-state index < -0.39 is 0 Å². The molecule has 51 heavy (non-hydrogen) atoms. The van der Waals surface area contributed by atoms with Crippen LogP contribution in [0.3, 0.4) is 0 Å². The van der Waals surface area contributed by atoms with Crippen LogP contribution in [0, 0.1) is 0 Å². The fraction of sp³-hybridized carbons (Fsp3) is 0.174. The fourth-order valence-corrected chi connectivity index (χ4v) is 13.0. The summed E-state index contributed by atoms with van der Waals surface area (Å²) in [6.07, 6.45) is 4.93. The van der Waals surface area contributed by atoms with Crippen LogP contribution in [-0.4, -0.2) is 26.8 Å². The molecular formula is C46H38BN3Se. The molecule has 4 heterocycles. The van der Waals surface area contributed by atoms with Crippen molar-refractivity contribution in [2.45, 2.75) is 50.5 Å². The van der Waals surface area contributed by atoms with Crippen LogP contribution < -0.4 is 31.1 Å². The van der Waals surface area contributed by atoms with E-state index in [1.165, 1.54) is 102 Å². The second kappa shape index (κ2) is 10.8. The Morgan fingerprint density at radius 1 is 0.549 bits per heavy atom. The molecule has 1 fully saturated rings. The van der Waals surface area contributed by atoms with Crippen molar-refractivity contribution < 1.29 is 0 Å². The Labute approximate surface area is 306 Å². The van der Waals surface area contributed by atoms with Crippen molar-refractivity contribution in [1.29, 1.82) is 0 Å². The van der Waals surface area contributed by atoms with Crippen LogP contribution in [0.1, 0.15) is 45.1 Å². The van der Waals surface area contributed by atoms with Gasteiger partial charge in [0.2, 0.25) is 0 Å². The zero-order valence-electron chi connectivity index (χ0n) is 29.0. The fourth-order valence-electron chi connectivity index (χ4n) is 10.3. The Kier molecular flexibility index (Phi) is 6.29. The number of hydrogen-bond donors (Lipinski definition) is 0. The van der Waals surface area contributed by atoms with Crippen molar-refractivity contribution in [3.8, 4) is 0 Å². The molecule has 1 aromatic heterocycles. The van der Waals surface area contributed by atoms with Crippen molar-refractivity contribution in [3.05, 3.63) is 151 Å². The Balaban J connectivity index is 1.26. The van der Waals surface area contributed by atoms with Gasteiger partial charge in [0.05, 0.1) is 0 Å². The van der Waals surface area contributed by atoms with Crippen LogP contribution in [0.5, 0.6) is 0 Å². The monoisotopic (exact) mass is 723 g/mol. The molecule has 1 saturated carbocycles. The van der Waals surface area contributed by atoms with Gasteiger partial charge < -0.3 is 0 Å². The molecule has 0 N–H and O–H groups in total. The maximum atomic E-state index is 2.73. The first-order valence-corrected chi connectivity index (χ1v) is 20.2. The van der Waals surface area contributed by atoms with E-state index in [1.54, 1.807) is 0 Å². The molecule has 7 aromatic rings. The van der Waals surface area contributed by atoms with Gasteiger partial charge in [-0.3, -0.25) is 0 Å². The third-order valence-electron chi connectivity index (χ3n) is 12.8. The SMILES string of the molecule is CC12CCCCC1(C)N(c1ccccc1)c1cc3c(cc12)B1c2c(cccc2N(c2ccccc2)c2[se]c4ccccc4c21)N3c1ccccc1. The first-order valence-electron chi connectivity index (χ1n) is 18.5. The van der Waals surface area contributed by atoms with Gasteiger partial charge in [0.1, 0.15) is 0 Å². The van der Waals surface area contributed by atoms with Crippen LogP contribution in [0.15, 0.2) is 146 Å². The molecule has 0 amide bonds. The number of nitrogens with zero attached hydrogens (tertiary/aromatic N) is 3. The Morgan fingerprint density at radius 2 is 1.16 bits per heavy atom. The Morgan fingerprint density at radius 3 is 1.88 bits per heavy atom. The van der Waals surface area contributed by atoms with Gasteiger partial charge in [0.25, 0.3) is 0 Å². The van der Waals surface area contributed by atoms with Gasteiger partial charge in [-0.25, -0.2) is 0 Å². The summed E-state index contributed by atoms with van der Waals surface area (Å²) in [4.78, 5) is 7.90. The first kappa shape index (κ1) is 29.7. The van der Waals surface area contributed by atoms with Gasteiger partial charge in [0, 0.05) is 0 Å². The number of fused-ring (bicyclic) bond motifs is 9. The van der Waals surface area contributed by atoms with Gasteiger partial charge in [-0.15, -0.1) is 0 Å². The molecule has 0 bridgehead atoms. The summed E-state index contributed by atoms with van der Waals surface area (Å²) in [6, 6.07) is 54.9. The van der Waals surface area contributed by atoms with Crippen molar-refractivity contribution in [2.24, 2.45) is 0 Å². The molecule has 1 aliphatic carbocycles. The van der Waals surface area contributed by atoms with Crippen LogP contribution in [-0.2, 0) is 5.41 Å². The predicted octanol–water partition coefficient (Wildman–Crippen LogP) is 9.72. The minimum atomic E-state index is -0.0152. The topological polar surface area (TPSA) is 9.72 Å². The normalized spacial score (nSPS) is 21.2. The molecule has 0 saturated heterocycles. The van der Waals surface area contributed by atoms with Gasteiger partial charge >= 0.3 is 308 Å². The second-order valence-corrected chi connectivity index (χ2v) is 17.4. The van der Waals surface area contributed by atoms with Gasteiger partial charge in [0.15, 0.2) is 0 Å². The molecule has 0 spiro atoms. The van der Waals surface area contributed by atoms with Gasteiger partial charge in [-0.2, -0.15) is 0 Å². The van der Waals surface area contributed by atoms with Crippen molar-refractivity contribution in [3.63, 3.8) is 0 Å². The zero-order chi connectivity index (χ0) is 33.9. The molecule has 3 aliphatic heterocycles. The molecule has 4 aliphatic rings. The van der Waals surface area contributed by atoms with Crippen molar-refractivity contribution in [2.75, 3.05) is 14.7 Å². The first-order chi connectivity index (χ1) is 25.1. The molecule has 5 heteroatoms. The zero-order valence-corrected chi connectivity index (χ0v) is 30.7. The standard InChI is InChI=1S/C46H38BN3Se/c1-45-27-14-15-28-46(45,2)50(33-21-10-5-11-22-33)39-30-40-36(29-35(39)45)47-42-34-23-12-13-26-41(34)51-44(42)49(32-19-8-4-9-20-32)38-25-16-24-37(43(38)47)48(40)31-17-6-3-7-18-31/h3-13,16-26,29-30H,14-15,27-28H2,1-2H3. The quantitative estimate of drug-likeness (QED) is 0.168. The summed E-state index contributed by atoms with van der Waals surface area (Å²) in [5.74, 6) is 0. The number of benzene rings is 6. The Hall–Kier alpha value is -4.96. The van der Waals surface area contributed by atoms with E-state index in [0.717, 1.165) is 0 Å². The number of anilines is 8. The molecule has 11 rings (SSSR count). The Bertz CT molecular complexity index is 2500. The van der Waals surface area contributed by atoms with E-state index in [4.69, 9.17) is 0 Å². The van der Waals surface area contributed by atoms with Crippen LogP contribution in [0.25, 0.3) is 9.65 Å². The van der Waals surface area contributed by atoms with E-state index in [0.29, 0.717) is 0 Å². The molecule has 6 aromatic carbocycles. The maximum absolute atomic E-state index is 2.73. The minimum absolute atomic E-state index is 0.0152. The average Bonchev–Trinajstić information content (AvgIpc) is 3.65. The third kappa shape index (κ3) is 3.91. The number of para-hydroxylation sites is 3. The molecular weight excluding hydrogens is 684 g/mol. The van der Waals surface area contributed by atoms with Gasteiger partial charge in [-0.05, 0) is 0 Å². The van der Waals surface area contributed by atoms with Crippen molar-refractivity contribution >= 4 is 91.6 Å². The summed E-state index contributed by atoms with van der Waals surface area (Å²) in [7, 11) is 0. The molecule has 3 nitrogen and oxygen atoms in total. The summed E-state index contributed by atoms with van der Waals surface area (Å²) in [6.45, 7) is 5.27. The second-order valence-electron chi connectivity index (χ2n) is 15.2. The summed E-state index contributed by atoms with van der Waals surface area (Å²) < 4.78 is 2.96. The summed E-state index contributed by atoms with van der Waals surface area (Å²) >= 11 is 0.181. The molecule has 2 atom stereocenters. The van der Waals surface area contributed by atoms with E-state index in [9.17, 15) is 0 Å². The number of rotatable bonds is 3. The van der Waals surface area contributed by atoms with E-state index in [2.05, 4.69) is 174 Å². The van der Waals surface area contributed by atoms with E-state index in [1.807, 2.05) is 0 Å². The van der Waals surface area contributed by atoms with E-state index >= 15 is 0 Å². The average molecular weight is 723 g/mol. The predicted molar refractivity (Wildman–Crippen MR) is 218 cm³/mol. The van der Waals surface area contributed by atoms with Gasteiger partial charge in [-0.1, -0.05) is 0 Å². The van der Waals surface area contributed by atoms with E-state index in [-0.39, 0.29) is 32.2 Å². The van der Waals surface area contributed by atoms with Crippen molar-refractivity contribution in [1.82, 2.24) is 0 Å². The summed E-state index contributed by atoms with van der Waals surface area (Å²) in [5, 5.41) is 1.43. The molecule has 2 unspecified atom stereocenters. The summed E-state index contributed by atoms with van der Waals surface area (Å²) in [5.41, 5.74) is 14.9. The molecule has 246 valence electrons. The van der Waals surface area contributed by atoms with Crippen LogP contribution >= 0.6 is 0 Å². The third-order valence-corrected chi connectivity index (χ3v) is 15.2.